The molecule has 2 atom stereocenters. The fourth-order valence-electron chi connectivity index (χ4n) is 5.21. The van der Waals surface area contributed by atoms with Gasteiger partial charge in [-0.25, -0.2) is 4.79 Å². The molecular formula is C26H28N4O2S. The van der Waals surface area contributed by atoms with Crippen LogP contribution in [0, 0.1) is 0 Å². The Balaban J connectivity index is 1.60. The van der Waals surface area contributed by atoms with Crippen molar-refractivity contribution in [2.24, 2.45) is 0 Å². The highest BCUT2D eigenvalue weighted by molar-refractivity contribution is 7.80. The van der Waals surface area contributed by atoms with Gasteiger partial charge in [0.05, 0.1) is 30.5 Å². The summed E-state index contributed by atoms with van der Waals surface area (Å²) in [5.41, 5.74) is 3.53. The van der Waals surface area contributed by atoms with E-state index in [4.69, 9.17) is 17.0 Å². The van der Waals surface area contributed by atoms with Crippen molar-refractivity contribution >= 4 is 23.3 Å². The number of esters is 1. The molecule has 1 N–H and O–H groups in total. The number of hydrogen-bond donors (Lipinski definition) is 1. The molecule has 0 spiro atoms. The van der Waals surface area contributed by atoms with Crippen molar-refractivity contribution in [1.82, 2.24) is 19.8 Å². The molecule has 7 heteroatoms. The predicted molar refractivity (Wildman–Crippen MR) is 131 cm³/mol. The van der Waals surface area contributed by atoms with Gasteiger partial charge in [0.15, 0.2) is 5.11 Å². The van der Waals surface area contributed by atoms with Gasteiger partial charge in [0.2, 0.25) is 0 Å². The van der Waals surface area contributed by atoms with Gasteiger partial charge in [-0.15, -0.1) is 0 Å². The molecule has 2 aliphatic rings. The molecule has 0 unspecified atom stereocenters. The fraction of sp³-hybridized carbons (Fsp3) is 0.346. The molecule has 1 aromatic carbocycles. The van der Waals surface area contributed by atoms with E-state index in [2.05, 4.69) is 38.0 Å². The molecule has 170 valence electrons. The normalized spacial score (nSPS) is 21.1. The average molecular weight is 461 g/mol. The SMILES string of the molecule is COC(=O)c1cccc(-n2cccc2[C@@H]2[C@@H](c3ccccn3)NC(=S)N2C2CCCCC2)c1. The van der Waals surface area contributed by atoms with Gasteiger partial charge in [-0.2, -0.15) is 0 Å². The summed E-state index contributed by atoms with van der Waals surface area (Å²) in [6, 6.07) is 18.1. The van der Waals surface area contributed by atoms with E-state index >= 15 is 0 Å². The van der Waals surface area contributed by atoms with Crippen molar-refractivity contribution in [3.05, 3.63) is 83.9 Å². The van der Waals surface area contributed by atoms with Crippen LogP contribution in [0.2, 0.25) is 0 Å². The maximum atomic E-state index is 12.1. The zero-order chi connectivity index (χ0) is 22.8. The second-order valence-corrected chi connectivity index (χ2v) is 9.06. The maximum Gasteiger partial charge on any atom is 0.337 e. The highest BCUT2D eigenvalue weighted by Crippen LogP contribution is 2.43. The third kappa shape index (κ3) is 4.13. The minimum absolute atomic E-state index is 0.00715. The monoisotopic (exact) mass is 460 g/mol. The molecule has 3 heterocycles. The topological polar surface area (TPSA) is 59.4 Å². The number of methoxy groups -OCH3 is 1. The molecule has 6 nitrogen and oxygen atoms in total. The number of carbonyl (C=O) groups excluding carboxylic acids is 1. The molecular weight excluding hydrogens is 432 g/mol. The summed E-state index contributed by atoms with van der Waals surface area (Å²) >= 11 is 5.90. The van der Waals surface area contributed by atoms with Crippen LogP contribution in [0.1, 0.15) is 65.9 Å². The lowest BCUT2D eigenvalue weighted by molar-refractivity contribution is 0.0600. The first-order valence-electron chi connectivity index (χ1n) is 11.5. The summed E-state index contributed by atoms with van der Waals surface area (Å²) in [6.07, 6.45) is 9.91. The summed E-state index contributed by atoms with van der Waals surface area (Å²) in [7, 11) is 1.40. The molecule has 3 aromatic rings. The predicted octanol–water partition coefficient (Wildman–Crippen LogP) is 4.96. The molecule has 5 rings (SSSR count). The number of nitrogens with zero attached hydrogens (tertiary/aromatic N) is 3. The zero-order valence-corrected chi connectivity index (χ0v) is 19.5. The summed E-state index contributed by atoms with van der Waals surface area (Å²) in [4.78, 5) is 19.2. The number of aromatic nitrogens is 2. The van der Waals surface area contributed by atoms with Crippen LogP contribution in [-0.4, -0.2) is 38.7 Å². The molecule has 2 fully saturated rings. The summed E-state index contributed by atoms with van der Waals surface area (Å²) < 4.78 is 7.08. The van der Waals surface area contributed by atoms with Crippen LogP contribution in [0.25, 0.3) is 5.69 Å². The third-order valence-electron chi connectivity index (χ3n) is 6.73. The minimum atomic E-state index is -0.343. The van der Waals surface area contributed by atoms with Crippen LogP contribution in [0.4, 0.5) is 0 Å². The van der Waals surface area contributed by atoms with Gasteiger partial charge in [0.25, 0.3) is 0 Å². The number of thiocarbonyl (C=S) groups is 1. The van der Waals surface area contributed by atoms with E-state index in [1.54, 1.807) is 6.07 Å². The molecule has 0 radical (unpaired) electrons. The van der Waals surface area contributed by atoms with E-state index in [1.807, 2.05) is 42.7 Å². The van der Waals surface area contributed by atoms with Crippen molar-refractivity contribution < 1.29 is 9.53 Å². The standard InChI is InChI=1S/C26H28N4O2S/c1-32-25(31)18-9-7-12-20(17-18)29-16-8-14-22(29)24-23(21-13-5-6-15-27-21)28-26(33)30(24)19-10-3-2-4-11-19/h5-9,12-17,19,23-24H,2-4,10-11H2,1H3,(H,28,33)/t23-,24-/m1/s1. The van der Waals surface area contributed by atoms with Crippen LogP contribution >= 0.6 is 12.2 Å². The van der Waals surface area contributed by atoms with Crippen molar-refractivity contribution in [1.29, 1.82) is 0 Å². The number of carbonyl (C=O) groups is 1. The van der Waals surface area contributed by atoms with Gasteiger partial charge in [-0.1, -0.05) is 31.4 Å². The first-order chi connectivity index (χ1) is 16.2. The summed E-state index contributed by atoms with van der Waals surface area (Å²) in [6.45, 7) is 0. The molecule has 1 aliphatic carbocycles. The van der Waals surface area contributed by atoms with Gasteiger partial charge in [0.1, 0.15) is 0 Å². The van der Waals surface area contributed by atoms with Gasteiger partial charge < -0.3 is 19.5 Å². The number of hydrogen-bond acceptors (Lipinski definition) is 4. The van der Waals surface area contributed by atoms with E-state index < -0.39 is 0 Å². The number of nitrogens with one attached hydrogen (secondary N) is 1. The lowest BCUT2D eigenvalue weighted by Gasteiger charge is -2.37. The van der Waals surface area contributed by atoms with E-state index in [9.17, 15) is 4.79 Å². The molecule has 1 saturated carbocycles. The van der Waals surface area contributed by atoms with E-state index in [0.29, 0.717) is 11.6 Å². The molecule has 1 aliphatic heterocycles. The van der Waals surface area contributed by atoms with Crippen LogP contribution in [0.15, 0.2) is 67.0 Å². The Morgan fingerprint density at radius 2 is 1.94 bits per heavy atom. The second kappa shape index (κ2) is 9.35. The first-order valence-corrected chi connectivity index (χ1v) is 11.9. The second-order valence-electron chi connectivity index (χ2n) is 8.67. The zero-order valence-electron chi connectivity index (χ0n) is 18.7. The Bertz CT molecular complexity index is 1140. The van der Waals surface area contributed by atoms with Crippen molar-refractivity contribution in [2.75, 3.05) is 7.11 Å². The van der Waals surface area contributed by atoms with E-state index in [1.165, 1.54) is 26.4 Å². The lowest BCUT2D eigenvalue weighted by Crippen LogP contribution is -2.40. The highest BCUT2D eigenvalue weighted by Gasteiger charge is 2.44. The third-order valence-corrected chi connectivity index (χ3v) is 7.06. The van der Waals surface area contributed by atoms with Crippen LogP contribution in [0.5, 0.6) is 0 Å². The van der Waals surface area contributed by atoms with Crippen LogP contribution in [-0.2, 0) is 4.74 Å². The van der Waals surface area contributed by atoms with Crippen molar-refractivity contribution in [2.45, 2.75) is 50.2 Å². The molecule has 0 bridgehead atoms. The fourth-order valence-corrected chi connectivity index (χ4v) is 5.59. The Hall–Kier alpha value is -3.19. The smallest absolute Gasteiger partial charge is 0.337 e. The number of benzene rings is 1. The Morgan fingerprint density at radius 1 is 1.09 bits per heavy atom. The molecule has 0 amide bonds. The number of pyridine rings is 1. The Labute approximate surface area is 199 Å². The van der Waals surface area contributed by atoms with Gasteiger partial charge in [0, 0.05) is 29.8 Å². The van der Waals surface area contributed by atoms with Gasteiger partial charge in [-0.3, -0.25) is 4.98 Å². The Morgan fingerprint density at radius 3 is 2.70 bits per heavy atom. The molecule has 2 aromatic heterocycles. The summed E-state index contributed by atoms with van der Waals surface area (Å²) in [5, 5.41) is 4.37. The number of rotatable bonds is 5. The largest absolute Gasteiger partial charge is 0.465 e. The van der Waals surface area contributed by atoms with E-state index in [-0.39, 0.29) is 18.1 Å². The van der Waals surface area contributed by atoms with Crippen molar-refractivity contribution in [3.63, 3.8) is 0 Å². The number of ether oxygens (including phenoxy) is 1. The van der Waals surface area contributed by atoms with Gasteiger partial charge >= 0.3 is 5.97 Å². The van der Waals surface area contributed by atoms with Gasteiger partial charge in [-0.05, 0) is 67.5 Å². The van der Waals surface area contributed by atoms with E-state index in [0.717, 1.165) is 35.0 Å². The first kappa shape index (κ1) is 21.6. The van der Waals surface area contributed by atoms with Crippen LogP contribution < -0.4 is 5.32 Å². The minimum Gasteiger partial charge on any atom is -0.465 e. The van der Waals surface area contributed by atoms with Crippen LogP contribution in [0.3, 0.4) is 0 Å². The Kier molecular flexibility index (Phi) is 6.13. The molecule has 1 saturated heterocycles. The van der Waals surface area contributed by atoms with Crippen molar-refractivity contribution in [3.8, 4) is 5.69 Å². The average Bonchev–Trinajstić information content (AvgIpc) is 3.49. The lowest BCUT2D eigenvalue weighted by atomic mass is 9.92. The molecule has 33 heavy (non-hydrogen) atoms. The maximum absolute atomic E-state index is 12.1. The summed E-state index contributed by atoms with van der Waals surface area (Å²) in [5.74, 6) is -0.343. The highest BCUT2D eigenvalue weighted by atomic mass is 32.1. The quantitative estimate of drug-likeness (QED) is 0.429.